The summed E-state index contributed by atoms with van der Waals surface area (Å²) >= 11 is 6.01. The molecule has 1 aromatic heterocycles. The molecule has 2 rings (SSSR count). The zero-order valence-corrected chi connectivity index (χ0v) is 12.4. The third-order valence-corrected chi connectivity index (χ3v) is 3.28. The summed E-state index contributed by atoms with van der Waals surface area (Å²) in [7, 11) is 0. The zero-order chi connectivity index (χ0) is 15.2. The second-order valence-corrected chi connectivity index (χ2v) is 4.91. The minimum Gasteiger partial charge on any atom is -0.395 e. The normalized spacial score (nSPS) is 10.4. The number of halogens is 1. The summed E-state index contributed by atoms with van der Waals surface area (Å²) in [6, 6.07) is 9.75. The van der Waals surface area contributed by atoms with E-state index in [0.717, 1.165) is 5.56 Å². The number of hydrogen-bond acceptors (Lipinski definition) is 5. The Bertz CT molecular complexity index is 620. The highest BCUT2D eigenvalue weighted by atomic mass is 35.5. The van der Waals surface area contributed by atoms with Crippen LogP contribution in [-0.2, 0) is 6.54 Å². The van der Waals surface area contributed by atoms with Crippen LogP contribution >= 0.6 is 11.6 Å². The van der Waals surface area contributed by atoms with Crippen molar-refractivity contribution in [3.8, 4) is 0 Å². The smallest absolute Gasteiger partial charge is 0.156 e. The Balaban J connectivity index is 2.40. The van der Waals surface area contributed by atoms with E-state index < -0.39 is 0 Å². The van der Waals surface area contributed by atoms with Gasteiger partial charge in [-0.15, -0.1) is 0 Å². The van der Waals surface area contributed by atoms with Crippen LogP contribution in [0.5, 0.6) is 0 Å². The van der Waals surface area contributed by atoms with Crippen molar-refractivity contribution >= 4 is 23.7 Å². The summed E-state index contributed by atoms with van der Waals surface area (Å²) in [5, 5.41) is 9.40. The van der Waals surface area contributed by atoms with Crippen molar-refractivity contribution in [1.82, 2.24) is 9.97 Å². The van der Waals surface area contributed by atoms with Gasteiger partial charge in [-0.3, -0.25) is 4.79 Å². The molecule has 0 amide bonds. The first-order chi connectivity index (χ1) is 10.2. The van der Waals surface area contributed by atoms with E-state index in [1.54, 1.807) is 6.92 Å². The largest absolute Gasteiger partial charge is 0.395 e. The molecule has 0 fully saturated rings. The van der Waals surface area contributed by atoms with E-state index in [1.807, 2.05) is 35.2 Å². The molecule has 0 saturated heterocycles. The standard InChI is InChI=1S/C15H16ClN3O2/c1-11-17-14(16)13(10-21)15(18-11)19(7-8-20)9-12-5-3-2-4-6-12/h2-6,10,20H,7-9H2,1H3. The Morgan fingerprint density at radius 1 is 1.29 bits per heavy atom. The molecule has 0 bridgehead atoms. The number of aryl methyl sites for hydroxylation is 1. The molecule has 1 N–H and O–H groups in total. The lowest BCUT2D eigenvalue weighted by Crippen LogP contribution is -2.28. The van der Waals surface area contributed by atoms with Crippen molar-refractivity contribution in [1.29, 1.82) is 0 Å². The molecule has 110 valence electrons. The first kappa shape index (κ1) is 15.4. The van der Waals surface area contributed by atoms with Crippen LogP contribution < -0.4 is 4.90 Å². The number of anilines is 1. The lowest BCUT2D eigenvalue weighted by atomic mass is 10.2. The summed E-state index contributed by atoms with van der Waals surface area (Å²) in [4.78, 5) is 21.4. The fraction of sp³-hybridized carbons (Fsp3) is 0.267. The van der Waals surface area contributed by atoms with Gasteiger partial charge in [0.15, 0.2) is 6.29 Å². The zero-order valence-electron chi connectivity index (χ0n) is 11.7. The fourth-order valence-electron chi connectivity index (χ4n) is 2.06. The topological polar surface area (TPSA) is 66.3 Å². The van der Waals surface area contributed by atoms with Crippen molar-refractivity contribution in [3.63, 3.8) is 0 Å². The van der Waals surface area contributed by atoms with Gasteiger partial charge in [0, 0.05) is 13.1 Å². The summed E-state index contributed by atoms with van der Waals surface area (Å²) < 4.78 is 0. The van der Waals surface area contributed by atoms with Crippen LogP contribution in [0.25, 0.3) is 0 Å². The predicted molar refractivity (Wildman–Crippen MR) is 81.7 cm³/mol. The Kier molecular flexibility index (Phi) is 5.25. The molecule has 5 nitrogen and oxygen atoms in total. The summed E-state index contributed by atoms with van der Waals surface area (Å²) in [5.74, 6) is 0.928. The molecule has 0 saturated carbocycles. The van der Waals surface area contributed by atoms with Crippen LogP contribution in [-0.4, -0.2) is 34.5 Å². The van der Waals surface area contributed by atoms with Crippen LogP contribution in [0.1, 0.15) is 21.7 Å². The van der Waals surface area contributed by atoms with Gasteiger partial charge < -0.3 is 10.0 Å². The first-order valence-corrected chi connectivity index (χ1v) is 6.92. The van der Waals surface area contributed by atoms with Gasteiger partial charge in [0.05, 0.1) is 12.2 Å². The minimum atomic E-state index is -0.0498. The molecule has 21 heavy (non-hydrogen) atoms. The second kappa shape index (κ2) is 7.15. The van der Waals surface area contributed by atoms with Crippen molar-refractivity contribution in [2.45, 2.75) is 13.5 Å². The van der Waals surface area contributed by atoms with Gasteiger partial charge in [-0.2, -0.15) is 0 Å². The number of rotatable bonds is 6. The molecule has 0 unspecified atom stereocenters. The predicted octanol–water partition coefficient (Wildman–Crippen LogP) is 2.25. The van der Waals surface area contributed by atoms with Gasteiger partial charge in [0.1, 0.15) is 16.8 Å². The van der Waals surface area contributed by atoms with Crippen LogP contribution in [0.4, 0.5) is 5.82 Å². The number of aldehydes is 1. The molecule has 0 aliphatic rings. The monoisotopic (exact) mass is 305 g/mol. The van der Waals surface area contributed by atoms with E-state index in [0.29, 0.717) is 31.0 Å². The highest BCUT2D eigenvalue weighted by molar-refractivity contribution is 6.32. The van der Waals surface area contributed by atoms with Gasteiger partial charge in [-0.05, 0) is 12.5 Å². The van der Waals surface area contributed by atoms with Crippen molar-refractivity contribution < 1.29 is 9.90 Å². The van der Waals surface area contributed by atoms with E-state index in [9.17, 15) is 9.90 Å². The highest BCUT2D eigenvalue weighted by Crippen LogP contribution is 2.24. The van der Waals surface area contributed by atoms with Crippen LogP contribution in [0, 0.1) is 6.92 Å². The molecule has 0 aliphatic carbocycles. The van der Waals surface area contributed by atoms with E-state index in [1.165, 1.54) is 0 Å². The molecule has 0 radical (unpaired) electrons. The Labute approximate surface area is 128 Å². The molecule has 2 aromatic rings. The number of benzene rings is 1. The molecule has 1 aromatic carbocycles. The van der Waals surface area contributed by atoms with Gasteiger partial charge in [-0.25, -0.2) is 9.97 Å². The van der Waals surface area contributed by atoms with Gasteiger partial charge in [-0.1, -0.05) is 41.9 Å². The number of nitrogens with zero attached hydrogens (tertiary/aromatic N) is 3. The number of carbonyl (C=O) groups excluding carboxylic acids is 1. The van der Waals surface area contributed by atoms with Crippen LogP contribution in [0.15, 0.2) is 30.3 Å². The molecule has 6 heteroatoms. The molecular formula is C15H16ClN3O2. The molecule has 1 heterocycles. The summed E-state index contributed by atoms with van der Waals surface area (Å²) in [5.41, 5.74) is 1.29. The number of aliphatic hydroxyl groups excluding tert-OH is 1. The number of hydrogen-bond donors (Lipinski definition) is 1. The molecule has 0 spiro atoms. The molecular weight excluding hydrogens is 290 g/mol. The average Bonchev–Trinajstić information content (AvgIpc) is 2.47. The van der Waals surface area contributed by atoms with E-state index in [4.69, 9.17) is 11.6 Å². The maximum Gasteiger partial charge on any atom is 0.156 e. The van der Waals surface area contributed by atoms with Crippen molar-refractivity contribution in [2.75, 3.05) is 18.1 Å². The fourth-order valence-corrected chi connectivity index (χ4v) is 2.31. The number of aromatic nitrogens is 2. The number of aliphatic hydroxyl groups is 1. The van der Waals surface area contributed by atoms with E-state index in [2.05, 4.69) is 9.97 Å². The minimum absolute atomic E-state index is 0.0498. The lowest BCUT2D eigenvalue weighted by Gasteiger charge is -2.24. The second-order valence-electron chi connectivity index (χ2n) is 4.55. The quantitative estimate of drug-likeness (QED) is 0.655. The third-order valence-electron chi connectivity index (χ3n) is 2.99. The van der Waals surface area contributed by atoms with Gasteiger partial charge in [0.25, 0.3) is 0 Å². The van der Waals surface area contributed by atoms with Crippen molar-refractivity contribution in [3.05, 3.63) is 52.4 Å². The summed E-state index contributed by atoms with van der Waals surface area (Å²) in [6.45, 7) is 2.53. The van der Waals surface area contributed by atoms with Gasteiger partial charge >= 0.3 is 0 Å². The average molecular weight is 306 g/mol. The maximum absolute atomic E-state index is 11.3. The van der Waals surface area contributed by atoms with Crippen LogP contribution in [0.3, 0.4) is 0 Å². The van der Waals surface area contributed by atoms with Gasteiger partial charge in [0.2, 0.25) is 0 Å². The SMILES string of the molecule is Cc1nc(Cl)c(C=O)c(N(CCO)Cc2ccccc2)n1. The van der Waals surface area contributed by atoms with E-state index in [-0.39, 0.29) is 17.3 Å². The van der Waals surface area contributed by atoms with Crippen LogP contribution in [0.2, 0.25) is 5.15 Å². The Morgan fingerprint density at radius 2 is 2.00 bits per heavy atom. The third kappa shape index (κ3) is 3.77. The molecule has 0 aliphatic heterocycles. The maximum atomic E-state index is 11.3. The highest BCUT2D eigenvalue weighted by Gasteiger charge is 2.17. The lowest BCUT2D eigenvalue weighted by molar-refractivity contribution is 0.112. The summed E-state index contributed by atoms with van der Waals surface area (Å²) in [6.07, 6.45) is 0.645. The first-order valence-electron chi connectivity index (χ1n) is 6.54. The van der Waals surface area contributed by atoms with E-state index >= 15 is 0 Å². The molecule has 0 atom stereocenters. The number of carbonyl (C=O) groups is 1. The Hall–Kier alpha value is -1.98. The Morgan fingerprint density at radius 3 is 2.62 bits per heavy atom. The van der Waals surface area contributed by atoms with Crippen molar-refractivity contribution in [2.24, 2.45) is 0 Å².